The summed E-state index contributed by atoms with van der Waals surface area (Å²) in [6.45, 7) is 8.64. The molecule has 2 aromatic heterocycles. The number of rotatable bonds is 10. The Balaban J connectivity index is 0.000000868. The third-order valence-corrected chi connectivity index (χ3v) is 8.40. The number of halogens is 1. The largest absolute Gasteiger partial charge is 0.375 e. The van der Waals surface area contributed by atoms with Crippen LogP contribution in [-0.2, 0) is 12.0 Å². The van der Waals surface area contributed by atoms with Crippen LogP contribution in [0.15, 0.2) is 90.0 Å². The smallest absolute Gasteiger partial charge is 0.180 e. The molecule has 1 saturated carbocycles. The third kappa shape index (κ3) is 7.98. The maximum absolute atomic E-state index is 6.00. The van der Waals surface area contributed by atoms with E-state index in [4.69, 9.17) is 21.6 Å². The number of nitrogens with one attached hydrogen (secondary N) is 3. The molecule has 0 aliphatic heterocycles. The highest BCUT2D eigenvalue weighted by atomic mass is 35.5. The van der Waals surface area contributed by atoms with Crippen molar-refractivity contribution in [1.82, 2.24) is 15.0 Å². The lowest BCUT2D eigenvalue weighted by Crippen LogP contribution is -2.18. The van der Waals surface area contributed by atoms with Gasteiger partial charge in [0.05, 0.1) is 16.6 Å². The Hall–Kier alpha value is -3.81. The average molecular weight is 611 g/mol. The van der Waals surface area contributed by atoms with Gasteiger partial charge >= 0.3 is 0 Å². The third-order valence-electron chi connectivity index (χ3n) is 7.39. The molecule has 3 aromatic carbocycles. The van der Waals surface area contributed by atoms with Crippen LogP contribution in [-0.4, -0.2) is 15.0 Å². The number of hydrogen-bond donors (Lipinski definition) is 3. The van der Waals surface area contributed by atoms with Crippen molar-refractivity contribution in [2.45, 2.75) is 70.2 Å². The molecule has 222 valence electrons. The summed E-state index contributed by atoms with van der Waals surface area (Å²) in [5.74, 6) is 1.37. The van der Waals surface area contributed by atoms with Gasteiger partial charge in [0.25, 0.3) is 0 Å². The molecule has 3 N–H and O–H groups in total. The number of pyridine rings is 1. The predicted octanol–water partition coefficient (Wildman–Crippen LogP) is 10.3. The first kappa shape index (κ1) is 30.6. The molecule has 2 heterocycles. The fourth-order valence-corrected chi connectivity index (χ4v) is 5.53. The zero-order valence-electron chi connectivity index (χ0n) is 25.2. The van der Waals surface area contributed by atoms with Crippen LogP contribution in [0.5, 0.6) is 0 Å². The molecule has 0 radical (unpaired) electrons. The molecule has 0 unspecified atom stereocenters. The van der Waals surface area contributed by atoms with Crippen molar-refractivity contribution in [2.24, 2.45) is 0 Å². The molecule has 0 spiro atoms. The van der Waals surface area contributed by atoms with Crippen LogP contribution in [0.3, 0.4) is 0 Å². The Bertz CT molecular complexity index is 1670. The summed E-state index contributed by atoms with van der Waals surface area (Å²) in [6, 6.07) is 26.7. The van der Waals surface area contributed by atoms with Crippen LogP contribution >= 0.6 is 23.5 Å². The number of hydrogen-bond acceptors (Lipinski definition) is 7. The number of benzene rings is 3. The average Bonchev–Trinajstić information content (AvgIpc) is 3.80. The van der Waals surface area contributed by atoms with Gasteiger partial charge in [-0.2, -0.15) is 0 Å². The molecule has 1 fully saturated rings. The van der Waals surface area contributed by atoms with E-state index in [9.17, 15) is 0 Å². The highest BCUT2D eigenvalue weighted by molar-refractivity contribution is 8.00. The monoisotopic (exact) mass is 610 g/mol. The summed E-state index contributed by atoms with van der Waals surface area (Å²) in [4.78, 5) is 15.1. The van der Waals surface area contributed by atoms with Gasteiger partial charge in [-0.15, -0.1) is 0 Å². The molecule has 1 aliphatic carbocycles. The lowest BCUT2D eigenvalue weighted by atomic mass is 10.1. The maximum atomic E-state index is 6.00. The van der Waals surface area contributed by atoms with Crippen LogP contribution in [0.1, 0.15) is 63.1 Å². The minimum absolute atomic E-state index is 0.0830. The summed E-state index contributed by atoms with van der Waals surface area (Å²) < 4.78 is 3.46. The van der Waals surface area contributed by atoms with Crippen molar-refractivity contribution in [3.8, 4) is 0 Å². The van der Waals surface area contributed by atoms with Gasteiger partial charge in [0, 0.05) is 22.5 Å². The van der Waals surface area contributed by atoms with Crippen molar-refractivity contribution >= 4 is 57.6 Å². The molecule has 43 heavy (non-hydrogen) atoms. The molecular formula is C35H39ClN6S. The number of nitrogens with zero attached hydrogens (tertiary/aromatic N) is 3. The van der Waals surface area contributed by atoms with E-state index in [2.05, 4.69) is 96.6 Å². The topological polar surface area (TPSA) is 74.8 Å². The first-order valence-corrected chi connectivity index (χ1v) is 16.2. The number of unbranched alkanes of at least 4 members (excludes halogenated alkanes) is 1. The minimum atomic E-state index is -0.0830. The lowest BCUT2D eigenvalue weighted by Gasteiger charge is -2.19. The van der Waals surface area contributed by atoms with Crippen molar-refractivity contribution in [3.63, 3.8) is 0 Å². The second kappa shape index (κ2) is 14.1. The highest BCUT2D eigenvalue weighted by Gasteiger charge is 2.44. The number of aryl methyl sites for hydroxylation is 2. The number of aromatic nitrogens is 3. The van der Waals surface area contributed by atoms with Crippen molar-refractivity contribution < 1.29 is 0 Å². The van der Waals surface area contributed by atoms with Crippen LogP contribution < -0.4 is 15.4 Å². The SMILES string of the molecule is CCCC.CCc1cc(C)cc(Nc2nc3ccccc3nc2NSc2cccc(NC3(c4ccc(Cl)nc4)CC3)c2)c1. The van der Waals surface area contributed by atoms with E-state index in [0.29, 0.717) is 16.8 Å². The van der Waals surface area contributed by atoms with E-state index in [0.717, 1.165) is 52.1 Å². The van der Waals surface area contributed by atoms with Gasteiger partial charge in [-0.1, -0.05) is 75.5 Å². The maximum Gasteiger partial charge on any atom is 0.180 e. The Morgan fingerprint density at radius 2 is 1.56 bits per heavy atom. The van der Waals surface area contributed by atoms with Crippen LogP contribution in [0, 0.1) is 6.92 Å². The van der Waals surface area contributed by atoms with Crippen LogP contribution in [0.4, 0.5) is 23.0 Å². The van der Waals surface area contributed by atoms with E-state index < -0.39 is 0 Å². The van der Waals surface area contributed by atoms with Gasteiger partial charge < -0.3 is 15.4 Å². The van der Waals surface area contributed by atoms with E-state index in [1.807, 2.05) is 36.5 Å². The van der Waals surface area contributed by atoms with Crippen molar-refractivity contribution in [1.29, 1.82) is 0 Å². The number of anilines is 4. The van der Waals surface area contributed by atoms with Gasteiger partial charge in [0.1, 0.15) is 5.15 Å². The summed E-state index contributed by atoms with van der Waals surface area (Å²) in [5.41, 5.74) is 7.31. The molecule has 6 rings (SSSR count). The standard InChI is InChI=1S/C31H29ClN6S.C4H10/c1-3-21-15-20(2)16-24(17-21)34-29-30(36-27-10-5-4-9-26(27)35-29)38-39-25-8-6-7-23(18-25)37-31(13-14-31)22-11-12-28(32)33-19-22;1-3-4-2/h4-12,15-19,37H,3,13-14H2,1-2H3,(H,34,35)(H,36,38);3-4H2,1-2H3. The second-order valence-corrected chi connectivity index (χ2v) is 12.2. The van der Waals surface area contributed by atoms with Crippen LogP contribution in [0.2, 0.25) is 5.15 Å². The Morgan fingerprint density at radius 3 is 2.21 bits per heavy atom. The molecular weight excluding hydrogens is 572 g/mol. The molecule has 6 nitrogen and oxygen atoms in total. The zero-order chi connectivity index (χ0) is 30.2. The van der Waals surface area contributed by atoms with Gasteiger partial charge in [0.2, 0.25) is 0 Å². The second-order valence-electron chi connectivity index (χ2n) is 10.9. The molecule has 0 amide bonds. The molecule has 0 saturated heterocycles. The van der Waals surface area contributed by atoms with Gasteiger partial charge in [0.15, 0.2) is 11.6 Å². The summed E-state index contributed by atoms with van der Waals surface area (Å²) >= 11 is 7.52. The van der Waals surface area contributed by atoms with Crippen LogP contribution in [0.25, 0.3) is 11.0 Å². The lowest BCUT2D eigenvalue weighted by molar-refractivity contribution is 0.801. The van der Waals surface area contributed by atoms with Crippen molar-refractivity contribution in [3.05, 3.63) is 107 Å². The quantitative estimate of drug-likeness (QED) is 0.107. The predicted molar refractivity (Wildman–Crippen MR) is 184 cm³/mol. The van der Waals surface area contributed by atoms with Crippen molar-refractivity contribution in [2.75, 3.05) is 15.4 Å². The van der Waals surface area contributed by atoms with Gasteiger partial charge in [-0.3, -0.25) is 0 Å². The van der Waals surface area contributed by atoms with Gasteiger partial charge in [-0.05, 0) is 103 Å². The molecule has 1 aliphatic rings. The first-order chi connectivity index (χ1) is 20.9. The normalized spacial score (nSPS) is 13.1. The van der Waals surface area contributed by atoms with E-state index in [1.54, 1.807) is 0 Å². The van der Waals surface area contributed by atoms with E-state index >= 15 is 0 Å². The number of para-hydroxylation sites is 2. The highest BCUT2D eigenvalue weighted by Crippen LogP contribution is 2.48. The summed E-state index contributed by atoms with van der Waals surface area (Å²) in [6.07, 6.45) is 7.60. The van der Waals surface area contributed by atoms with Gasteiger partial charge in [-0.25, -0.2) is 15.0 Å². The molecule has 0 bridgehead atoms. The first-order valence-electron chi connectivity index (χ1n) is 15.0. The fraction of sp³-hybridized carbons (Fsp3) is 0.286. The number of fused-ring (bicyclic) bond motifs is 1. The van der Waals surface area contributed by atoms with E-state index in [1.165, 1.54) is 35.9 Å². The molecule has 8 heteroatoms. The zero-order valence-corrected chi connectivity index (χ0v) is 26.8. The Morgan fingerprint density at radius 1 is 0.814 bits per heavy atom. The Kier molecular flexibility index (Phi) is 10.1. The molecule has 5 aromatic rings. The fourth-order valence-electron chi connectivity index (χ4n) is 4.72. The summed E-state index contributed by atoms with van der Waals surface area (Å²) in [7, 11) is 0. The van der Waals surface area contributed by atoms with E-state index in [-0.39, 0.29) is 5.54 Å². The Labute approximate surface area is 264 Å². The molecule has 0 atom stereocenters. The minimum Gasteiger partial charge on any atom is -0.375 e. The summed E-state index contributed by atoms with van der Waals surface area (Å²) in [5, 5.41) is 7.75.